The summed E-state index contributed by atoms with van der Waals surface area (Å²) in [4.78, 5) is 75.0. The Morgan fingerprint density at radius 2 is 0.566 bits per heavy atom. The molecule has 3 rings (SSSR count). The number of hydrogen-bond donors (Lipinski definition) is 16. The molecule has 0 radical (unpaired) electrons. The van der Waals surface area contributed by atoms with Crippen molar-refractivity contribution in [2.75, 3.05) is 178 Å². The van der Waals surface area contributed by atoms with Gasteiger partial charge in [-0.3, -0.25) is 28.8 Å². The number of carbonyl (C=O) groups is 6. The van der Waals surface area contributed by atoms with Crippen molar-refractivity contribution in [3.8, 4) is 0 Å². The average molecular weight is 1440 g/mol. The van der Waals surface area contributed by atoms with Gasteiger partial charge in [0.05, 0.1) is 159 Å². The lowest BCUT2D eigenvalue weighted by atomic mass is 9.81. The zero-order valence-electron chi connectivity index (χ0n) is 58.1. The molecular weight excluding hydrogens is 1320 g/mol. The van der Waals surface area contributed by atoms with E-state index in [2.05, 4.69) is 37.2 Å². The van der Waals surface area contributed by atoms with Crippen molar-refractivity contribution < 1.29 is 146 Å². The lowest BCUT2D eigenvalue weighted by Crippen LogP contribution is -2.64. The lowest BCUT2D eigenvalue weighted by molar-refractivity contribution is -0.272. The Balaban J connectivity index is 1.38. The van der Waals surface area contributed by atoms with Gasteiger partial charge in [0.15, 0.2) is 18.9 Å². The Morgan fingerprint density at radius 3 is 0.778 bits per heavy atom. The van der Waals surface area contributed by atoms with Gasteiger partial charge in [-0.25, -0.2) is 0 Å². The predicted molar refractivity (Wildman–Crippen MR) is 344 cm³/mol. The maximum atomic E-state index is 13.3. The molecule has 0 bridgehead atoms. The number of amides is 6. The minimum Gasteiger partial charge on any atom is -0.394 e. The second-order valence-electron chi connectivity index (χ2n) is 24.6. The molecule has 3 fully saturated rings. The summed E-state index contributed by atoms with van der Waals surface area (Å²) in [5.74, 6) is -2.19. The summed E-state index contributed by atoms with van der Waals surface area (Å²) in [6.45, 7) is 12.3. The molecule has 0 aromatic carbocycles. The molecule has 0 aromatic rings. The van der Waals surface area contributed by atoms with Crippen molar-refractivity contribution in [2.24, 2.45) is 0 Å². The number of ether oxygens (including phenoxy) is 15. The summed E-state index contributed by atoms with van der Waals surface area (Å²) in [6, 6.07) is -3.20. The zero-order valence-corrected chi connectivity index (χ0v) is 58.1. The molecule has 0 saturated carbocycles. The first-order valence-corrected chi connectivity index (χ1v) is 33.7. The molecule has 0 spiro atoms. The van der Waals surface area contributed by atoms with Crippen molar-refractivity contribution in [3.63, 3.8) is 0 Å². The van der Waals surface area contributed by atoms with Crippen LogP contribution in [-0.4, -0.2) is 363 Å². The molecule has 578 valence electrons. The van der Waals surface area contributed by atoms with Crippen LogP contribution in [0.15, 0.2) is 0 Å². The predicted octanol–water partition coefficient (Wildman–Crippen LogP) is -7.17. The molecule has 15 atom stereocenters. The Bertz CT molecular complexity index is 2000. The smallest absolute Gasteiger partial charge is 0.220 e. The number of nitrogens with one attached hydrogen (secondary N) is 7. The Hall–Kier alpha value is -4.18. The number of rotatable bonds is 55. The maximum Gasteiger partial charge on any atom is 0.220 e. The summed E-state index contributed by atoms with van der Waals surface area (Å²) >= 11 is 0. The average Bonchev–Trinajstić information content (AvgIpc) is 0.827. The van der Waals surface area contributed by atoms with Gasteiger partial charge in [0.2, 0.25) is 35.4 Å². The number of aliphatic hydroxyl groups is 9. The van der Waals surface area contributed by atoms with Crippen molar-refractivity contribution in [2.45, 2.75) is 183 Å². The van der Waals surface area contributed by atoms with E-state index in [-0.39, 0.29) is 215 Å². The van der Waals surface area contributed by atoms with E-state index in [0.717, 1.165) is 0 Å². The van der Waals surface area contributed by atoms with Crippen molar-refractivity contribution in [3.05, 3.63) is 0 Å². The molecule has 16 N–H and O–H groups in total. The van der Waals surface area contributed by atoms with Crippen LogP contribution in [0.3, 0.4) is 0 Å². The van der Waals surface area contributed by atoms with E-state index in [0.29, 0.717) is 0 Å². The van der Waals surface area contributed by atoms with Crippen LogP contribution >= 0.6 is 0 Å². The summed E-state index contributed by atoms with van der Waals surface area (Å²) in [5, 5.41) is 110. The Morgan fingerprint density at radius 1 is 0.343 bits per heavy atom. The highest BCUT2D eigenvalue weighted by Crippen LogP contribution is 2.30. The van der Waals surface area contributed by atoms with E-state index >= 15 is 0 Å². The second kappa shape index (κ2) is 51.1. The molecule has 3 aliphatic rings. The molecule has 37 nitrogen and oxygen atoms in total. The number of carbonyl (C=O) groups excluding carboxylic acids is 6. The normalized spacial score (nSPS) is 26.3. The Labute approximate surface area is 578 Å². The summed E-state index contributed by atoms with van der Waals surface area (Å²) in [7, 11) is 0. The van der Waals surface area contributed by atoms with E-state index < -0.39 is 141 Å². The first-order valence-electron chi connectivity index (χ1n) is 33.7. The third-order valence-corrected chi connectivity index (χ3v) is 15.4. The fraction of sp³-hybridized carbons (Fsp3) is 0.903. The van der Waals surface area contributed by atoms with Crippen LogP contribution in [-0.2, 0) is 99.8 Å². The molecule has 3 heterocycles. The van der Waals surface area contributed by atoms with Gasteiger partial charge < -0.3 is 154 Å². The first kappa shape index (κ1) is 89.0. The van der Waals surface area contributed by atoms with Crippen LogP contribution < -0.4 is 37.2 Å². The van der Waals surface area contributed by atoms with Crippen LogP contribution in [0.4, 0.5) is 0 Å². The van der Waals surface area contributed by atoms with Gasteiger partial charge in [0.1, 0.15) is 73.1 Å². The number of hydrogen-bond acceptors (Lipinski definition) is 31. The molecule has 3 aliphatic heterocycles. The van der Waals surface area contributed by atoms with Gasteiger partial charge in [0.25, 0.3) is 0 Å². The van der Waals surface area contributed by atoms with Gasteiger partial charge in [-0.2, -0.15) is 0 Å². The lowest BCUT2D eigenvalue weighted by Gasteiger charge is -2.42. The standard InChI is InChI=1S/C62H115N7O30/c1-40(73)66-49-55(82)52(79)43(37-70)97-58(49)94-34-31-91-28-25-88-22-19-85-16-13-63-46(76)7-10-62(69-61(4,5)6,11-8-47(77)64-14-17-86-20-23-89-26-29-92-32-35-95-59-50(67-41(2)74)56(83)53(80)44(38-71)98-59)12-9-48(78)65-15-18-87-21-24-90-27-30-93-33-36-96-60-51(68-42(3)75)57(84)54(81)45(39-72)99-60/h43-45,49-60,69-72,79-84H,7-39H2,1-6H3,(H,63,76)(H,64,77)(H,65,78)(H,66,73)(H,67,74)(H,68,75). The van der Waals surface area contributed by atoms with Crippen LogP contribution in [0, 0.1) is 0 Å². The fourth-order valence-electron chi connectivity index (χ4n) is 10.6. The van der Waals surface area contributed by atoms with Gasteiger partial charge in [0, 0.05) is 70.7 Å². The van der Waals surface area contributed by atoms with E-state index in [9.17, 15) is 74.7 Å². The monoisotopic (exact) mass is 1440 g/mol. The summed E-state index contributed by atoms with van der Waals surface area (Å²) in [5.41, 5.74) is -1.35. The molecule has 3 saturated heterocycles. The number of aliphatic hydroxyl groups excluding tert-OH is 9. The van der Waals surface area contributed by atoms with E-state index in [4.69, 9.17) is 71.1 Å². The van der Waals surface area contributed by atoms with Gasteiger partial charge in [-0.1, -0.05) is 0 Å². The molecule has 0 aliphatic carbocycles. The first-order chi connectivity index (χ1) is 47.3. The minimum absolute atomic E-state index is 0.0134. The molecular formula is C62H115N7O30. The van der Waals surface area contributed by atoms with E-state index in [1.807, 2.05) is 20.8 Å². The van der Waals surface area contributed by atoms with Gasteiger partial charge in [-0.15, -0.1) is 0 Å². The second-order valence-corrected chi connectivity index (χ2v) is 24.6. The van der Waals surface area contributed by atoms with Crippen molar-refractivity contribution in [1.82, 2.24) is 37.2 Å². The highest BCUT2D eigenvalue weighted by atomic mass is 16.7. The third-order valence-electron chi connectivity index (χ3n) is 15.4. The quantitative estimate of drug-likeness (QED) is 0.0252. The SMILES string of the molecule is CC(=O)NC1C(OCCOCCOCCOCCNC(=O)CCC(CCC(=O)NCCOCCOCCOCCOC2OC(CO)C(O)C(O)C2NC(C)=O)(CCC(=O)NCCOCCOCCOCCOC2OC(CO)C(O)C(O)C2NC(C)=O)NC(C)(C)C)OC(CO)C(O)C1O. The van der Waals surface area contributed by atoms with Crippen LogP contribution in [0.5, 0.6) is 0 Å². The van der Waals surface area contributed by atoms with E-state index in [1.165, 1.54) is 20.8 Å². The molecule has 0 aromatic heterocycles. The Kier molecular flexibility index (Phi) is 45.9. The fourth-order valence-corrected chi connectivity index (χ4v) is 10.6. The molecule has 99 heavy (non-hydrogen) atoms. The van der Waals surface area contributed by atoms with Crippen molar-refractivity contribution >= 4 is 35.4 Å². The highest BCUT2D eigenvalue weighted by Gasteiger charge is 2.48. The third kappa shape index (κ3) is 37.2. The van der Waals surface area contributed by atoms with Crippen LogP contribution in [0.1, 0.15) is 80.1 Å². The molecule has 6 amide bonds. The van der Waals surface area contributed by atoms with E-state index in [1.54, 1.807) is 0 Å². The molecule has 15 unspecified atom stereocenters. The van der Waals surface area contributed by atoms with Gasteiger partial charge in [-0.05, 0) is 40.0 Å². The molecule has 37 heteroatoms. The minimum atomic E-state index is -1.43. The van der Waals surface area contributed by atoms with Crippen LogP contribution in [0.2, 0.25) is 0 Å². The maximum absolute atomic E-state index is 13.3. The summed E-state index contributed by atoms with van der Waals surface area (Å²) < 4.78 is 83.7. The van der Waals surface area contributed by atoms with Crippen molar-refractivity contribution in [1.29, 1.82) is 0 Å². The van der Waals surface area contributed by atoms with Crippen LogP contribution in [0.25, 0.3) is 0 Å². The van der Waals surface area contributed by atoms with Gasteiger partial charge >= 0.3 is 0 Å². The summed E-state index contributed by atoms with van der Waals surface area (Å²) in [6.07, 6.45) is -14.3. The highest BCUT2D eigenvalue weighted by molar-refractivity contribution is 5.78. The largest absolute Gasteiger partial charge is 0.394 e. The zero-order chi connectivity index (χ0) is 73.0. The topological polar surface area (TPSA) is 507 Å².